The quantitative estimate of drug-likeness (QED) is 0.0145. The highest BCUT2D eigenvalue weighted by atomic mass is 31.2. The van der Waals surface area contributed by atoms with E-state index in [-0.39, 0.29) is 12.8 Å². The molecule has 0 aromatic rings. The fourth-order valence-electron chi connectivity index (χ4n) is 7.87. The normalized spacial score (nSPS) is 21.3. The van der Waals surface area contributed by atoms with Crippen molar-refractivity contribution < 1.29 is 63.1 Å². The highest BCUT2D eigenvalue weighted by molar-refractivity contribution is 7.47. The molecule has 1 saturated carbocycles. The number of aliphatic hydroxyl groups excluding tert-OH is 5. The number of ether oxygens (including phenoxy) is 2. The molecule has 408 valence electrons. The van der Waals surface area contributed by atoms with Crippen LogP contribution in [0.3, 0.4) is 0 Å². The lowest BCUT2D eigenvalue weighted by Gasteiger charge is -2.41. The van der Waals surface area contributed by atoms with Gasteiger partial charge in [0.05, 0.1) is 6.61 Å². The predicted molar refractivity (Wildman–Crippen MR) is 285 cm³/mol. The Morgan fingerprint density at radius 1 is 0.451 bits per heavy atom. The summed E-state index contributed by atoms with van der Waals surface area (Å²) < 4.78 is 33.7. The number of carbonyl (C=O) groups excluding carboxylic acids is 2. The van der Waals surface area contributed by atoms with Crippen molar-refractivity contribution in [3.63, 3.8) is 0 Å². The Bertz CT molecular complexity index is 1560. The van der Waals surface area contributed by atoms with Crippen molar-refractivity contribution in [2.24, 2.45) is 0 Å². The first-order valence-electron chi connectivity index (χ1n) is 27.4. The third kappa shape index (κ3) is 37.4. The van der Waals surface area contributed by atoms with Gasteiger partial charge in [-0.15, -0.1) is 0 Å². The van der Waals surface area contributed by atoms with Crippen molar-refractivity contribution in [2.45, 2.75) is 249 Å². The van der Waals surface area contributed by atoms with Crippen LogP contribution in [0, 0.1) is 0 Å². The average Bonchev–Trinajstić information content (AvgIpc) is 3.35. The number of allylic oxidation sites excluding steroid dienone is 14. The summed E-state index contributed by atoms with van der Waals surface area (Å²) in [6.45, 7) is 3.17. The van der Waals surface area contributed by atoms with Gasteiger partial charge in [0.25, 0.3) is 0 Å². The first kappa shape index (κ1) is 66.0. The van der Waals surface area contributed by atoms with Crippen molar-refractivity contribution >= 4 is 19.8 Å². The minimum absolute atomic E-state index is 0.0532. The SMILES string of the molecule is CC/C=C\C/C=C\C/C=C\C/C=C\C/C=C\CCCCCC(=O)OC(COC(=O)CCCCCCCCCCCCC/C=C\C/C=C\CCCCCCC)COP(=O)(O)OC1C(O)C(O)C(O)C(O)C1O. The highest BCUT2D eigenvalue weighted by Gasteiger charge is 2.51. The van der Waals surface area contributed by atoms with Gasteiger partial charge in [0.2, 0.25) is 0 Å². The summed E-state index contributed by atoms with van der Waals surface area (Å²) in [7, 11) is -5.14. The first-order valence-corrected chi connectivity index (χ1v) is 28.9. The van der Waals surface area contributed by atoms with E-state index in [0.717, 1.165) is 89.9 Å². The van der Waals surface area contributed by atoms with Gasteiger partial charge < -0.3 is 39.9 Å². The number of carbonyl (C=O) groups is 2. The summed E-state index contributed by atoms with van der Waals surface area (Å²) in [4.78, 5) is 35.9. The molecule has 0 radical (unpaired) electrons. The monoisotopic (exact) mass is 1020 g/mol. The van der Waals surface area contributed by atoms with Gasteiger partial charge in [-0.25, -0.2) is 4.57 Å². The van der Waals surface area contributed by atoms with Crippen LogP contribution < -0.4 is 0 Å². The van der Waals surface area contributed by atoms with E-state index < -0.39 is 75.7 Å². The molecule has 13 nitrogen and oxygen atoms in total. The summed E-state index contributed by atoms with van der Waals surface area (Å²) in [6, 6.07) is 0. The highest BCUT2D eigenvalue weighted by Crippen LogP contribution is 2.47. The zero-order valence-corrected chi connectivity index (χ0v) is 44.6. The van der Waals surface area contributed by atoms with Crippen LogP contribution in [0.1, 0.15) is 206 Å². The number of phosphoric ester groups is 1. The Morgan fingerprint density at radius 3 is 1.24 bits per heavy atom. The number of hydrogen-bond donors (Lipinski definition) is 6. The van der Waals surface area contributed by atoms with Gasteiger partial charge in [-0.05, 0) is 89.9 Å². The van der Waals surface area contributed by atoms with Crippen LogP contribution in [-0.2, 0) is 32.7 Å². The van der Waals surface area contributed by atoms with Gasteiger partial charge >= 0.3 is 19.8 Å². The van der Waals surface area contributed by atoms with Crippen LogP contribution in [0.2, 0.25) is 0 Å². The smallest absolute Gasteiger partial charge is 0.462 e. The van der Waals surface area contributed by atoms with Gasteiger partial charge in [0, 0.05) is 12.8 Å². The number of esters is 2. The molecule has 0 aromatic heterocycles. The largest absolute Gasteiger partial charge is 0.472 e. The molecule has 6 atom stereocenters. The van der Waals surface area contributed by atoms with Crippen molar-refractivity contribution in [3.05, 3.63) is 85.1 Å². The van der Waals surface area contributed by atoms with E-state index in [1.165, 1.54) is 77.0 Å². The molecule has 71 heavy (non-hydrogen) atoms. The molecule has 0 aromatic carbocycles. The van der Waals surface area contributed by atoms with Gasteiger partial charge in [0.1, 0.15) is 43.2 Å². The fourth-order valence-corrected chi connectivity index (χ4v) is 8.85. The second-order valence-electron chi connectivity index (χ2n) is 18.7. The molecule has 0 amide bonds. The maximum Gasteiger partial charge on any atom is 0.472 e. The third-order valence-corrected chi connectivity index (χ3v) is 13.2. The molecule has 1 rings (SSSR count). The number of hydrogen-bond acceptors (Lipinski definition) is 12. The Balaban J connectivity index is 2.39. The topological polar surface area (TPSA) is 210 Å². The van der Waals surface area contributed by atoms with Gasteiger partial charge in [-0.3, -0.25) is 18.6 Å². The summed E-state index contributed by atoms with van der Waals surface area (Å²) in [5.41, 5.74) is 0. The molecule has 0 heterocycles. The Morgan fingerprint density at radius 2 is 0.803 bits per heavy atom. The number of phosphoric acid groups is 1. The Labute approximate surface area is 428 Å². The van der Waals surface area contributed by atoms with Crippen molar-refractivity contribution in [2.75, 3.05) is 13.2 Å². The molecule has 6 N–H and O–H groups in total. The summed E-state index contributed by atoms with van der Waals surface area (Å²) in [5, 5.41) is 50.3. The van der Waals surface area contributed by atoms with Crippen molar-refractivity contribution in [1.29, 1.82) is 0 Å². The fraction of sp³-hybridized carbons (Fsp3) is 0.719. The van der Waals surface area contributed by atoms with Gasteiger partial charge in [0.15, 0.2) is 6.10 Å². The second kappa shape index (κ2) is 45.6. The molecule has 0 bridgehead atoms. The van der Waals surface area contributed by atoms with Crippen LogP contribution in [-0.4, -0.2) is 98.3 Å². The number of rotatable bonds is 45. The van der Waals surface area contributed by atoms with Crippen LogP contribution in [0.25, 0.3) is 0 Å². The van der Waals surface area contributed by atoms with E-state index in [9.17, 15) is 44.6 Å². The number of aliphatic hydroxyl groups is 5. The average molecular weight is 1020 g/mol. The molecule has 14 heteroatoms. The van der Waals surface area contributed by atoms with Crippen LogP contribution >= 0.6 is 7.82 Å². The molecule has 1 aliphatic carbocycles. The molecule has 1 aliphatic rings. The molecule has 0 saturated heterocycles. The Kier molecular flexibility index (Phi) is 42.4. The van der Waals surface area contributed by atoms with E-state index in [2.05, 4.69) is 98.9 Å². The zero-order valence-electron chi connectivity index (χ0n) is 43.7. The van der Waals surface area contributed by atoms with E-state index in [1.54, 1.807) is 0 Å². The minimum Gasteiger partial charge on any atom is -0.462 e. The summed E-state index contributed by atoms with van der Waals surface area (Å²) in [5.74, 6) is -1.14. The van der Waals surface area contributed by atoms with E-state index in [1.807, 2.05) is 0 Å². The number of unbranched alkanes of at least 4 members (excludes halogenated alkanes) is 19. The second-order valence-corrected chi connectivity index (χ2v) is 20.1. The van der Waals surface area contributed by atoms with Crippen LogP contribution in [0.5, 0.6) is 0 Å². The molecular weight excluding hydrogens is 924 g/mol. The van der Waals surface area contributed by atoms with Crippen molar-refractivity contribution in [1.82, 2.24) is 0 Å². The maximum atomic E-state index is 12.9. The lowest BCUT2D eigenvalue weighted by atomic mass is 9.85. The lowest BCUT2D eigenvalue weighted by Crippen LogP contribution is -2.64. The predicted octanol–water partition coefficient (Wildman–Crippen LogP) is 12.4. The standard InChI is InChI=1S/C57H97O13P/c1-3-5-7-9-11-13-15-17-19-21-23-24-25-26-28-29-31-33-35-37-39-41-43-45-50(58)67-47-49(48-68-71(65,66)70-57-55(63)53(61)52(60)54(62)56(57)64)69-51(59)46-44-42-40-38-36-34-32-30-27-22-20-18-16-14-12-10-8-6-4-2/h6,8,12,14-15,17-18,20-21,23,27,30,34,36,49,52-57,60-64H,3-5,7,9-11,13,16,19,22,24-26,28-29,31-33,35,37-48H2,1-2H3,(H,65,66)/b8-6-,14-12-,17-15-,20-18-,23-21-,30-27-,36-34-. The van der Waals surface area contributed by atoms with Gasteiger partial charge in [-0.1, -0.05) is 189 Å². The van der Waals surface area contributed by atoms with Crippen molar-refractivity contribution in [3.8, 4) is 0 Å². The summed E-state index contributed by atoms with van der Waals surface area (Å²) in [6.07, 6.45) is 47.7. The molecule has 0 aliphatic heterocycles. The molecule has 1 fully saturated rings. The molecule has 0 spiro atoms. The van der Waals surface area contributed by atoms with E-state index in [4.69, 9.17) is 18.5 Å². The van der Waals surface area contributed by atoms with E-state index in [0.29, 0.717) is 12.8 Å². The Hall–Kier alpha value is -2.97. The zero-order chi connectivity index (χ0) is 52.1. The third-order valence-electron chi connectivity index (χ3n) is 12.2. The van der Waals surface area contributed by atoms with Crippen LogP contribution in [0.15, 0.2) is 85.1 Å². The van der Waals surface area contributed by atoms with Gasteiger partial charge in [-0.2, -0.15) is 0 Å². The maximum absolute atomic E-state index is 12.9. The molecular formula is C57H97O13P. The first-order chi connectivity index (χ1) is 34.4. The minimum atomic E-state index is -5.14. The molecule has 6 unspecified atom stereocenters. The lowest BCUT2D eigenvalue weighted by molar-refractivity contribution is -0.220. The summed E-state index contributed by atoms with van der Waals surface area (Å²) >= 11 is 0. The van der Waals surface area contributed by atoms with E-state index >= 15 is 0 Å². The van der Waals surface area contributed by atoms with Crippen LogP contribution in [0.4, 0.5) is 0 Å².